The Labute approximate surface area is 216 Å². The second-order valence-electron chi connectivity index (χ2n) is 9.33. The topological polar surface area (TPSA) is 63.2 Å². The van der Waals surface area contributed by atoms with Crippen LogP contribution in [0.25, 0.3) is 0 Å². The van der Waals surface area contributed by atoms with Gasteiger partial charge in [0.05, 0.1) is 21.2 Å². The SMILES string of the molecule is Cc1ccc(S(=O)c2ccccc2[C@H](C)[C@@](C)(NS(=O)(=O)c2ccc(C)cc2)c2ccccc2)cc1. The van der Waals surface area contributed by atoms with Gasteiger partial charge in [0, 0.05) is 15.7 Å². The van der Waals surface area contributed by atoms with Crippen molar-refractivity contribution < 1.29 is 12.6 Å². The predicted octanol–water partition coefficient (Wildman–Crippen LogP) is 6.47. The van der Waals surface area contributed by atoms with Gasteiger partial charge in [-0.1, -0.05) is 90.8 Å². The summed E-state index contributed by atoms with van der Waals surface area (Å²) in [5.74, 6) is -0.342. The minimum Gasteiger partial charge on any atom is -0.249 e. The lowest BCUT2D eigenvalue weighted by atomic mass is 9.77. The van der Waals surface area contributed by atoms with Crippen LogP contribution in [0, 0.1) is 13.8 Å². The molecule has 0 aromatic heterocycles. The van der Waals surface area contributed by atoms with Crippen molar-refractivity contribution in [2.45, 2.75) is 53.8 Å². The van der Waals surface area contributed by atoms with E-state index < -0.39 is 26.4 Å². The van der Waals surface area contributed by atoms with E-state index in [0.717, 1.165) is 22.3 Å². The van der Waals surface area contributed by atoms with Gasteiger partial charge in [-0.3, -0.25) is 0 Å². The number of nitrogens with one attached hydrogen (secondary N) is 1. The highest BCUT2D eigenvalue weighted by atomic mass is 32.2. The molecule has 4 nitrogen and oxygen atoms in total. The van der Waals surface area contributed by atoms with Crippen LogP contribution < -0.4 is 4.72 Å². The van der Waals surface area contributed by atoms with Crippen LogP contribution in [0.15, 0.2) is 118 Å². The Morgan fingerprint density at radius 3 is 1.89 bits per heavy atom. The fourth-order valence-corrected chi connectivity index (χ4v) is 7.11. The lowest BCUT2D eigenvalue weighted by Crippen LogP contribution is -2.47. The Bertz CT molecular complexity index is 1470. The average molecular weight is 518 g/mol. The molecule has 0 heterocycles. The molecular weight excluding hydrogens is 486 g/mol. The van der Waals surface area contributed by atoms with Crippen LogP contribution >= 0.6 is 0 Å². The molecule has 4 aromatic carbocycles. The molecule has 1 unspecified atom stereocenters. The average Bonchev–Trinajstić information content (AvgIpc) is 2.89. The smallest absolute Gasteiger partial charge is 0.241 e. The molecule has 36 heavy (non-hydrogen) atoms. The van der Waals surface area contributed by atoms with Gasteiger partial charge in [-0.25, -0.2) is 17.3 Å². The molecule has 0 fully saturated rings. The molecule has 3 atom stereocenters. The fraction of sp³-hybridized carbons (Fsp3) is 0.200. The first-order valence-electron chi connectivity index (χ1n) is 11.9. The molecule has 0 radical (unpaired) electrons. The Morgan fingerprint density at radius 2 is 1.28 bits per heavy atom. The molecule has 0 amide bonds. The highest BCUT2D eigenvalue weighted by Gasteiger charge is 2.39. The molecular formula is C30H31NO3S2. The van der Waals surface area contributed by atoms with Crippen molar-refractivity contribution in [3.05, 3.63) is 125 Å². The molecule has 1 N–H and O–H groups in total. The van der Waals surface area contributed by atoms with Crippen LogP contribution in [0.5, 0.6) is 0 Å². The van der Waals surface area contributed by atoms with Crippen molar-refractivity contribution in [1.29, 1.82) is 0 Å². The van der Waals surface area contributed by atoms with Gasteiger partial charge in [0.1, 0.15) is 0 Å². The Morgan fingerprint density at radius 1 is 0.750 bits per heavy atom. The summed E-state index contributed by atoms with van der Waals surface area (Å²) in [5.41, 5.74) is 2.72. The molecule has 0 spiro atoms. The van der Waals surface area contributed by atoms with E-state index in [1.54, 1.807) is 24.3 Å². The van der Waals surface area contributed by atoms with Crippen LogP contribution in [-0.4, -0.2) is 12.6 Å². The van der Waals surface area contributed by atoms with Crippen LogP contribution in [0.3, 0.4) is 0 Å². The summed E-state index contributed by atoms with van der Waals surface area (Å²) in [6, 6.07) is 31.6. The molecule has 0 aliphatic carbocycles. The van der Waals surface area contributed by atoms with E-state index in [0.29, 0.717) is 9.79 Å². The van der Waals surface area contributed by atoms with Gasteiger partial charge in [0.25, 0.3) is 0 Å². The number of benzene rings is 4. The molecule has 0 bridgehead atoms. The van der Waals surface area contributed by atoms with Gasteiger partial charge < -0.3 is 0 Å². The summed E-state index contributed by atoms with van der Waals surface area (Å²) in [6.07, 6.45) is 0. The van der Waals surface area contributed by atoms with Gasteiger partial charge in [-0.15, -0.1) is 0 Å². The minimum atomic E-state index is -3.85. The summed E-state index contributed by atoms with van der Waals surface area (Å²) < 4.78 is 43.8. The summed E-state index contributed by atoms with van der Waals surface area (Å²) in [6.45, 7) is 7.79. The van der Waals surface area contributed by atoms with E-state index in [1.165, 1.54) is 0 Å². The molecule has 0 aliphatic rings. The molecule has 186 valence electrons. The van der Waals surface area contributed by atoms with Gasteiger partial charge in [-0.05, 0) is 62.2 Å². The lowest BCUT2D eigenvalue weighted by molar-refractivity contribution is 0.362. The van der Waals surface area contributed by atoms with Gasteiger partial charge >= 0.3 is 0 Å². The fourth-order valence-electron chi connectivity index (χ4n) is 4.34. The number of hydrogen-bond acceptors (Lipinski definition) is 3. The summed E-state index contributed by atoms with van der Waals surface area (Å²) in [5, 5.41) is 0. The summed E-state index contributed by atoms with van der Waals surface area (Å²) in [7, 11) is -5.27. The van der Waals surface area contributed by atoms with Crippen molar-refractivity contribution in [1.82, 2.24) is 4.72 Å². The van der Waals surface area contributed by atoms with Crippen LogP contribution in [-0.2, 0) is 26.4 Å². The molecule has 4 aromatic rings. The van der Waals surface area contributed by atoms with Crippen molar-refractivity contribution >= 4 is 20.8 Å². The van der Waals surface area contributed by atoms with Crippen LogP contribution in [0.2, 0.25) is 0 Å². The number of rotatable bonds is 8. The van der Waals surface area contributed by atoms with Crippen LogP contribution in [0.4, 0.5) is 0 Å². The van der Waals surface area contributed by atoms with E-state index in [4.69, 9.17) is 0 Å². The van der Waals surface area contributed by atoms with Gasteiger partial charge in [0.15, 0.2) is 0 Å². The van der Waals surface area contributed by atoms with Gasteiger partial charge in [-0.2, -0.15) is 0 Å². The first-order valence-corrected chi connectivity index (χ1v) is 14.5. The second kappa shape index (κ2) is 10.5. The molecule has 4 rings (SSSR count). The predicted molar refractivity (Wildman–Crippen MR) is 146 cm³/mol. The molecule has 6 heteroatoms. The normalized spacial score (nSPS) is 15.1. The first kappa shape index (κ1) is 26.0. The number of hydrogen-bond donors (Lipinski definition) is 1. The van der Waals surface area contributed by atoms with Gasteiger partial charge in [0.2, 0.25) is 10.0 Å². The monoisotopic (exact) mass is 517 g/mol. The lowest BCUT2D eigenvalue weighted by Gasteiger charge is -2.38. The van der Waals surface area contributed by atoms with E-state index >= 15 is 0 Å². The zero-order valence-corrected chi connectivity index (χ0v) is 22.6. The van der Waals surface area contributed by atoms with Crippen molar-refractivity contribution in [2.24, 2.45) is 0 Å². The largest absolute Gasteiger partial charge is 0.249 e. The van der Waals surface area contributed by atoms with Crippen molar-refractivity contribution in [3.8, 4) is 0 Å². The Hall–Kier alpha value is -3.06. The van der Waals surface area contributed by atoms with E-state index in [9.17, 15) is 12.6 Å². The second-order valence-corrected chi connectivity index (χ2v) is 12.5. The maximum absolute atomic E-state index is 13.7. The van der Waals surface area contributed by atoms with Crippen LogP contribution in [0.1, 0.15) is 42.0 Å². The number of sulfonamides is 1. The highest BCUT2D eigenvalue weighted by Crippen LogP contribution is 2.40. The first-order chi connectivity index (χ1) is 17.1. The summed E-state index contributed by atoms with van der Waals surface area (Å²) in [4.78, 5) is 1.59. The van der Waals surface area contributed by atoms with E-state index in [2.05, 4.69) is 4.72 Å². The quantitative estimate of drug-likeness (QED) is 0.291. The van der Waals surface area contributed by atoms with E-state index in [-0.39, 0.29) is 10.8 Å². The molecule has 0 aliphatic heterocycles. The van der Waals surface area contributed by atoms with Crippen molar-refractivity contribution in [3.63, 3.8) is 0 Å². The standard InChI is InChI=1S/C30H31NO3S2/c1-22-14-18-26(19-15-22)35(32)29-13-9-8-12-28(29)24(3)30(4,25-10-6-5-7-11-25)31-36(33,34)27-20-16-23(2)17-21-27/h5-21,24,31H,1-4H3/t24-,30+,35?/m0/s1. The Kier molecular flexibility index (Phi) is 7.59. The number of aryl methyl sites for hydroxylation is 2. The zero-order chi connectivity index (χ0) is 25.9. The van der Waals surface area contributed by atoms with Crippen molar-refractivity contribution in [2.75, 3.05) is 0 Å². The minimum absolute atomic E-state index is 0.207. The maximum Gasteiger partial charge on any atom is 0.241 e. The highest BCUT2D eigenvalue weighted by molar-refractivity contribution is 7.89. The molecule has 0 saturated heterocycles. The third kappa shape index (κ3) is 5.36. The zero-order valence-electron chi connectivity index (χ0n) is 20.9. The summed E-state index contributed by atoms with van der Waals surface area (Å²) >= 11 is 0. The Balaban J connectivity index is 1.81. The molecule has 0 saturated carbocycles. The third-order valence-electron chi connectivity index (χ3n) is 6.74. The van der Waals surface area contributed by atoms with E-state index in [1.807, 2.05) is 107 Å². The third-order valence-corrected chi connectivity index (χ3v) is 9.79. The maximum atomic E-state index is 13.7.